The van der Waals surface area contributed by atoms with Gasteiger partial charge < -0.3 is 5.11 Å². The molecule has 0 heterocycles. The smallest absolute Gasteiger partial charge is 0.307 e. The Hall–Kier alpha value is -0.830. The second-order valence-electron chi connectivity index (χ2n) is 5.81. The van der Waals surface area contributed by atoms with Crippen LogP contribution in [0.2, 0.25) is 0 Å². The van der Waals surface area contributed by atoms with Gasteiger partial charge in [0.15, 0.2) is 0 Å². The average molecular weight is 325 g/mol. The van der Waals surface area contributed by atoms with Crippen LogP contribution in [0.25, 0.3) is 0 Å². The third kappa shape index (κ3) is 4.07. The predicted molar refractivity (Wildman–Crippen MR) is 80.1 cm³/mol. The summed E-state index contributed by atoms with van der Waals surface area (Å²) < 4.78 is 1.04. The molecule has 0 amide bonds. The standard InChI is InChI=1S/C16H21BrO2/c1-11-3-2-4-13(9-11)15(16(18)19)10-12-5-7-14(17)8-6-12/h5-8,11,13,15H,2-4,9-10H2,1H3,(H,18,19). The Labute approximate surface area is 123 Å². The van der Waals surface area contributed by atoms with Crippen molar-refractivity contribution >= 4 is 21.9 Å². The molecular weight excluding hydrogens is 304 g/mol. The van der Waals surface area contributed by atoms with Gasteiger partial charge in [-0.25, -0.2) is 0 Å². The van der Waals surface area contributed by atoms with Gasteiger partial charge in [0.1, 0.15) is 0 Å². The van der Waals surface area contributed by atoms with Crippen LogP contribution in [-0.2, 0) is 11.2 Å². The molecule has 0 saturated heterocycles. The second kappa shape index (κ2) is 6.56. The largest absolute Gasteiger partial charge is 0.481 e. The number of aliphatic carboxylic acids is 1. The highest BCUT2D eigenvalue weighted by Gasteiger charge is 2.31. The molecule has 1 N–H and O–H groups in total. The van der Waals surface area contributed by atoms with Crippen molar-refractivity contribution in [2.45, 2.75) is 39.0 Å². The van der Waals surface area contributed by atoms with E-state index in [2.05, 4.69) is 22.9 Å². The number of hydrogen-bond donors (Lipinski definition) is 1. The Bertz CT molecular complexity index is 427. The molecule has 3 atom stereocenters. The van der Waals surface area contributed by atoms with Crippen molar-refractivity contribution < 1.29 is 9.90 Å². The molecule has 3 unspecified atom stereocenters. The molecule has 0 spiro atoms. The van der Waals surface area contributed by atoms with Gasteiger partial charge in [-0.15, -0.1) is 0 Å². The monoisotopic (exact) mass is 324 g/mol. The highest BCUT2D eigenvalue weighted by Crippen LogP contribution is 2.35. The van der Waals surface area contributed by atoms with E-state index in [1.165, 1.54) is 12.8 Å². The molecule has 1 aliphatic rings. The van der Waals surface area contributed by atoms with Gasteiger partial charge in [-0.3, -0.25) is 4.79 Å². The van der Waals surface area contributed by atoms with Crippen molar-refractivity contribution in [2.75, 3.05) is 0 Å². The molecule has 1 fully saturated rings. The molecule has 104 valence electrons. The van der Waals surface area contributed by atoms with Gasteiger partial charge in [0.25, 0.3) is 0 Å². The van der Waals surface area contributed by atoms with Crippen LogP contribution in [0.1, 0.15) is 38.2 Å². The van der Waals surface area contributed by atoms with Gasteiger partial charge in [-0.05, 0) is 48.8 Å². The molecule has 0 aromatic heterocycles. The van der Waals surface area contributed by atoms with Crippen LogP contribution in [0.5, 0.6) is 0 Å². The number of rotatable bonds is 4. The highest BCUT2D eigenvalue weighted by molar-refractivity contribution is 9.10. The van der Waals surface area contributed by atoms with E-state index in [0.717, 1.165) is 22.9 Å². The van der Waals surface area contributed by atoms with Crippen LogP contribution >= 0.6 is 15.9 Å². The molecule has 2 rings (SSSR count). The Morgan fingerprint density at radius 3 is 2.63 bits per heavy atom. The van der Waals surface area contributed by atoms with E-state index in [-0.39, 0.29) is 5.92 Å². The Balaban J connectivity index is 2.07. The second-order valence-corrected chi connectivity index (χ2v) is 6.72. The number of hydrogen-bond acceptors (Lipinski definition) is 1. The summed E-state index contributed by atoms with van der Waals surface area (Å²) in [6, 6.07) is 8.01. The minimum atomic E-state index is -0.637. The predicted octanol–water partition coefficient (Wildman–Crippen LogP) is 4.52. The number of benzene rings is 1. The van der Waals surface area contributed by atoms with Crippen LogP contribution < -0.4 is 0 Å². The molecule has 3 heteroatoms. The first-order valence-electron chi connectivity index (χ1n) is 7.03. The number of carboxylic acids is 1. The molecule has 0 bridgehead atoms. The third-order valence-corrected chi connectivity index (χ3v) is 4.76. The Morgan fingerprint density at radius 2 is 2.05 bits per heavy atom. The molecule has 1 aromatic carbocycles. The fourth-order valence-electron chi connectivity index (χ4n) is 3.18. The topological polar surface area (TPSA) is 37.3 Å². The van der Waals surface area contributed by atoms with E-state index < -0.39 is 5.97 Å². The lowest BCUT2D eigenvalue weighted by Crippen LogP contribution is -2.29. The van der Waals surface area contributed by atoms with E-state index in [1.807, 2.05) is 24.3 Å². The fourth-order valence-corrected chi connectivity index (χ4v) is 3.44. The minimum absolute atomic E-state index is 0.232. The summed E-state index contributed by atoms with van der Waals surface area (Å²) >= 11 is 3.41. The van der Waals surface area contributed by atoms with Crippen LogP contribution in [0.15, 0.2) is 28.7 Å². The van der Waals surface area contributed by atoms with E-state index in [4.69, 9.17) is 0 Å². The summed E-state index contributed by atoms with van der Waals surface area (Å²) in [7, 11) is 0. The maximum absolute atomic E-state index is 11.6. The first kappa shape index (κ1) is 14.6. The normalized spacial score (nSPS) is 24.9. The SMILES string of the molecule is CC1CCCC(C(Cc2ccc(Br)cc2)C(=O)O)C1. The minimum Gasteiger partial charge on any atom is -0.481 e. The molecule has 1 aliphatic carbocycles. The Kier molecular flexibility index (Phi) is 5.03. The number of carboxylic acid groups (broad SMARTS) is 1. The first-order valence-corrected chi connectivity index (χ1v) is 7.83. The van der Waals surface area contributed by atoms with E-state index in [0.29, 0.717) is 18.3 Å². The maximum Gasteiger partial charge on any atom is 0.307 e. The summed E-state index contributed by atoms with van der Waals surface area (Å²) in [5.41, 5.74) is 1.12. The van der Waals surface area contributed by atoms with Crippen LogP contribution in [0, 0.1) is 17.8 Å². The van der Waals surface area contributed by atoms with Gasteiger partial charge >= 0.3 is 5.97 Å². The van der Waals surface area contributed by atoms with Crippen molar-refractivity contribution in [1.29, 1.82) is 0 Å². The van der Waals surface area contributed by atoms with Crippen LogP contribution in [0.4, 0.5) is 0 Å². The van der Waals surface area contributed by atoms with Crippen molar-refractivity contribution in [3.63, 3.8) is 0 Å². The lowest BCUT2D eigenvalue weighted by atomic mass is 9.74. The zero-order valence-corrected chi connectivity index (χ0v) is 12.9. The van der Waals surface area contributed by atoms with Gasteiger partial charge in [-0.1, -0.05) is 47.8 Å². The van der Waals surface area contributed by atoms with Crippen LogP contribution in [-0.4, -0.2) is 11.1 Å². The molecule has 2 nitrogen and oxygen atoms in total. The quantitative estimate of drug-likeness (QED) is 0.884. The average Bonchev–Trinajstić information content (AvgIpc) is 2.37. The summed E-state index contributed by atoms with van der Waals surface area (Å²) in [5.74, 6) is 0.140. The molecule has 0 aliphatic heterocycles. The van der Waals surface area contributed by atoms with Crippen LogP contribution in [0.3, 0.4) is 0 Å². The Morgan fingerprint density at radius 1 is 1.37 bits per heavy atom. The molecular formula is C16H21BrO2. The van der Waals surface area contributed by atoms with Gasteiger partial charge in [0.2, 0.25) is 0 Å². The van der Waals surface area contributed by atoms with E-state index in [9.17, 15) is 9.90 Å². The zero-order valence-electron chi connectivity index (χ0n) is 11.3. The van der Waals surface area contributed by atoms with Crippen molar-refractivity contribution in [2.24, 2.45) is 17.8 Å². The lowest BCUT2D eigenvalue weighted by Gasteiger charge is -2.31. The third-order valence-electron chi connectivity index (χ3n) is 4.23. The fraction of sp³-hybridized carbons (Fsp3) is 0.562. The van der Waals surface area contributed by atoms with E-state index in [1.54, 1.807) is 0 Å². The first-order chi connectivity index (χ1) is 9.06. The summed E-state index contributed by atoms with van der Waals surface area (Å²) in [5, 5.41) is 9.52. The highest BCUT2D eigenvalue weighted by atomic mass is 79.9. The lowest BCUT2D eigenvalue weighted by molar-refractivity contribution is -0.144. The number of carbonyl (C=O) groups is 1. The van der Waals surface area contributed by atoms with Crippen molar-refractivity contribution in [1.82, 2.24) is 0 Å². The van der Waals surface area contributed by atoms with Crippen molar-refractivity contribution in [3.05, 3.63) is 34.3 Å². The summed E-state index contributed by atoms with van der Waals surface area (Å²) in [6.07, 6.45) is 5.21. The zero-order chi connectivity index (χ0) is 13.8. The summed E-state index contributed by atoms with van der Waals surface area (Å²) in [6.45, 7) is 2.24. The number of halogens is 1. The molecule has 0 radical (unpaired) electrons. The van der Waals surface area contributed by atoms with Crippen molar-refractivity contribution in [3.8, 4) is 0 Å². The molecule has 19 heavy (non-hydrogen) atoms. The van der Waals surface area contributed by atoms with Gasteiger partial charge in [-0.2, -0.15) is 0 Å². The molecule has 1 aromatic rings. The van der Waals surface area contributed by atoms with E-state index >= 15 is 0 Å². The van der Waals surface area contributed by atoms with Gasteiger partial charge in [0.05, 0.1) is 5.92 Å². The van der Waals surface area contributed by atoms with Gasteiger partial charge in [0, 0.05) is 4.47 Å². The maximum atomic E-state index is 11.6. The molecule has 1 saturated carbocycles. The summed E-state index contributed by atoms with van der Waals surface area (Å²) in [4.78, 5) is 11.6.